The second-order valence-electron chi connectivity index (χ2n) is 8.85. The Labute approximate surface area is 193 Å². The summed E-state index contributed by atoms with van der Waals surface area (Å²) in [5.74, 6) is 0.596. The number of amides is 2. The van der Waals surface area contributed by atoms with E-state index in [1.807, 2.05) is 58.9 Å². The van der Waals surface area contributed by atoms with E-state index in [0.717, 1.165) is 29.7 Å². The third kappa shape index (κ3) is 5.01. The summed E-state index contributed by atoms with van der Waals surface area (Å²) in [5, 5.41) is 3.02. The second kappa shape index (κ2) is 9.23. The van der Waals surface area contributed by atoms with E-state index < -0.39 is 0 Å². The van der Waals surface area contributed by atoms with Gasteiger partial charge in [0.1, 0.15) is 18.0 Å². The molecule has 3 heterocycles. The number of hydrogen-bond donors (Lipinski definition) is 1. The minimum Gasteiger partial charge on any atom is -0.486 e. The summed E-state index contributed by atoms with van der Waals surface area (Å²) in [6.45, 7) is 5.28. The average molecular weight is 448 g/mol. The number of nitrogens with one attached hydrogen (secondary N) is 1. The third-order valence-corrected chi connectivity index (χ3v) is 6.19. The normalized spacial score (nSPS) is 16.7. The molecular formula is C25H29N5O3. The van der Waals surface area contributed by atoms with E-state index in [0.29, 0.717) is 50.1 Å². The van der Waals surface area contributed by atoms with Gasteiger partial charge in [0.25, 0.3) is 5.91 Å². The van der Waals surface area contributed by atoms with Crippen molar-refractivity contribution >= 4 is 17.5 Å². The molecule has 0 atom stereocenters. The number of pyridine rings is 1. The lowest BCUT2D eigenvalue weighted by Gasteiger charge is -2.34. The fraction of sp³-hybridized carbons (Fsp3) is 0.400. The third-order valence-electron chi connectivity index (χ3n) is 6.19. The Morgan fingerprint density at radius 3 is 2.64 bits per heavy atom. The lowest BCUT2D eigenvalue weighted by molar-refractivity contribution is -0.122. The fourth-order valence-electron chi connectivity index (χ4n) is 4.18. The van der Waals surface area contributed by atoms with Crippen LogP contribution < -0.4 is 10.1 Å². The molecule has 1 aliphatic heterocycles. The summed E-state index contributed by atoms with van der Waals surface area (Å²) in [6.07, 6.45) is 6.09. The lowest BCUT2D eigenvalue weighted by atomic mass is 10.1. The molecule has 2 aromatic heterocycles. The first-order valence-corrected chi connectivity index (χ1v) is 11.5. The quantitative estimate of drug-likeness (QED) is 0.601. The highest BCUT2D eigenvalue weighted by molar-refractivity contribution is 5.97. The van der Waals surface area contributed by atoms with Crippen LogP contribution in [0.25, 0.3) is 5.65 Å². The predicted octanol–water partition coefficient (Wildman–Crippen LogP) is 2.26. The highest BCUT2D eigenvalue weighted by Gasteiger charge is 2.27. The number of piperazine rings is 1. The van der Waals surface area contributed by atoms with Gasteiger partial charge in [-0.25, -0.2) is 4.98 Å². The number of aryl methyl sites for hydroxylation is 1. The molecule has 1 aromatic carbocycles. The number of para-hydroxylation sites is 1. The Hall–Kier alpha value is -3.39. The van der Waals surface area contributed by atoms with Crippen molar-refractivity contribution in [3.63, 3.8) is 0 Å². The highest BCUT2D eigenvalue weighted by atomic mass is 16.5. The van der Waals surface area contributed by atoms with Crippen LogP contribution in [0.2, 0.25) is 0 Å². The number of benzene rings is 1. The number of aromatic nitrogens is 2. The van der Waals surface area contributed by atoms with Gasteiger partial charge in [-0.15, -0.1) is 0 Å². The topological polar surface area (TPSA) is 79.2 Å². The van der Waals surface area contributed by atoms with Crippen LogP contribution in [0, 0.1) is 6.92 Å². The van der Waals surface area contributed by atoms with Crippen molar-refractivity contribution in [1.29, 1.82) is 0 Å². The largest absolute Gasteiger partial charge is 0.486 e. The first-order valence-electron chi connectivity index (χ1n) is 11.5. The molecular weight excluding hydrogens is 418 g/mol. The van der Waals surface area contributed by atoms with E-state index in [4.69, 9.17) is 4.74 Å². The van der Waals surface area contributed by atoms with Crippen LogP contribution in [0.4, 0.5) is 0 Å². The van der Waals surface area contributed by atoms with Gasteiger partial charge in [-0.1, -0.05) is 18.2 Å². The fourth-order valence-corrected chi connectivity index (χ4v) is 4.18. The van der Waals surface area contributed by atoms with E-state index in [1.54, 1.807) is 6.07 Å². The molecule has 0 bridgehead atoms. The average Bonchev–Trinajstić information content (AvgIpc) is 3.53. The molecule has 1 saturated carbocycles. The number of ether oxygens (including phenoxy) is 1. The Kier molecular flexibility index (Phi) is 6.00. The van der Waals surface area contributed by atoms with E-state index in [-0.39, 0.29) is 18.4 Å². The van der Waals surface area contributed by atoms with Crippen molar-refractivity contribution in [3.05, 3.63) is 65.6 Å². The standard InChI is InChI=1S/C25H29N5O3/c1-18-5-4-10-30-15-20(27-24(18)30)17-33-22-7-3-2-6-21(22)25(32)29-13-11-28(12-14-29)16-23(31)26-19-8-9-19/h2-7,10,15,19H,8-9,11-14,16-17H2,1H3,(H,26,31). The summed E-state index contributed by atoms with van der Waals surface area (Å²) in [6, 6.07) is 11.8. The van der Waals surface area contributed by atoms with Gasteiger partial charge < -0.3 is 19.4 Å². The van der Waals surface area contributed by atoms with Crippen molar-refractivity contribution < 1.29 is 14.3 Å². The highest BCUT2D eigenvalue weighted by Crippen LogP contribution is 2.22. The molecule has 0 radical (unpaired) electrons. The summed E-state index contributed by atoms with van der Waals surface area (Å²) in [5.41, 5.74) is 3.37. The zero-order valence-corrected chi connectivity index (χ0v) is 18.9. The van der Waals surface area contributed by atoms with Gasteiger partial charge in [-0.05, 0) is 43.5 Å². The molecule has 172 valence electrons. The van der Waals surface area contributed by atoms with Gasteiger partial charge in [0.15, 0.2) is 0 Å². The predicted molar refractivity (Wildman–Crippen MR) is 124 cm³/mol. The molecule has 1 N–H and O–H groups in total. The van der Waals surface area contributed by atoms with Crippen molar-refractivity contribution in [1.82, 2.24) is 24.5 Å². The van der Waals surface area contributed by atoms with E-state index in [2.05, 4.69) is 15.2 Å². The summed E-state index contributed by atoms with van der Waals surface area (Å²) in [7, 11) is 0. The minimum absolute atomic E-state index is 0.0430. The van der Waals surface area contributed by atoms with Crippen LogP contribution in [0.1, 0.15) is 34.5 Å². The maximum atomic E-state index is 13.2. The van der Waals surface area contributed by atoms with Gasteiger partial charge in [0, 0.05) is 44.6 Å². The van der Waals surface area contributed by atoms with E-state index >= 15 is 0 Å². The summed E-state index contributed by atoms with van der Waals surface area (Å²) >= 11 is 0. The van der Waals surface area contributed by atoms with Crippen molar-refractivity contribution in [2.75, 3.05) is 32.7 Å². The Bertz CT molecular complexity index is 1160. The van der Waals surface area contributed by atoms with Gasteiger partial charge in [0.2, 0.25) is 5.91 Å². The van der Waals surface area contributed by atoms with E-state index in [9.17, 15) is 9.59 Å². The van der Waals surface area contributed by atoms with Crippen LogP contribution in [0.3, 0.4) is 0 Å². The SMILES string of the molecule is Cc1cccn2cc(COc3ccccc3C(=O)N3CCN(CC(=O)NC4CC4)CC3)nc12. The second-order valence-corrected chi connectivity index (χ2v) is 8.85. The van der Waals surface area contributed by atoms with Gasteiger partial charge in [-0.3, -0.25) is 14.5 Å². The summed E-state index contributed by atoms with van der Waals surface area (Å²) < 4.78 is 8.02. The Balaban J connectivity index is 1.19. The minimum atomic E-state index is -0.0430. The molecule has 0 spiro atoms. The number of carbonyl (C=O) groups excluding carboxylic acids is 2. The molecule has 3 aromatic rings. The van der Waals surface area contributed by atoms with Crippen LogP contribution in [-0.4, -0.2) is 69.8 Å². The smallest absolute Gasteiger partial charge is 0.257 e. The van der Waals surface area contributed by atoms with Gasteiger partial charge >= 0.3 is 0 Å². The van der Waals surface area contributed by atoms with Crippen molar-refractivity contribution in [2.24, 2.45) is 0 Å². The number of carbonyl (C=O) groups is 2. The molecule has 1 aliphatic carbocycles. The van der Waals surface area contributed by atoms with E-state index in [1.165, 1.54) is 0 Å². The number of rotatable bonds is 7. The van der Waals surface area contributed by atoms with Crippen LogP contribution >= 0.6 is 0 Å². The Morgan fingerprint density at radius 1 is 1.09 bits per heavy atom. The van der Waals surface area contributed by atoms with Crippen molar-refractivity contribution in [2.45, 2.75) is 32.4 Å². The number of hydrogen-bond acceptors (Lipinski definition) is 5. The monoisotopic (exact) mass is 447 g/mol. The first-order chi connectivity index (χ1) is 16.1. The van der Waals surface area contributed by atoms with Crippen LogP contribution in [0.15, 0.2) is 48.8 Å². The molecule has 2 aliphatic rings. The molecule has 8 nitrogen and oxygen atoms in total. The Morgan fingerprint density at radius 2 is 1.88 bits per heavy atom. The number of imidazole rings is 1. The molecule has 2 amide bonds. The molecule has 8 heteroatoms. The zero-order valence-electron chi connectivity index (χ0n) is 18.9. The van der Waals surface area contributed by atoms with Crippen LogP contribution in [0.5, 0.6) is 5.75 Å². The van der Waals surface area contributed by atoms with Crippen LogP contribution in [-0.2, 0) is 11.4 Å². The maximum Gasteiger partial charge on any atom is 0.257 e. The molecule has 33 heavy (non-hydrogen) atoms. The molecule has 5 rings (SSSR count). The van der Waals surface area contributed by atoms with Crippen molar-refractivity contribution in [3.8, 4) is 5.75 Å². The number of nitrogens with zero attached hydrogens (tertiary/aromatic N) is 4. The molecule has 1 saturated heterocycles. The summed E-state index contributed by atoms with van der Waals surface area (Å²) in [4.78, 5) is 33.9. The molecule has 0 unspecified atom stereocenters. The maximum absolute atomic E-state index is 13.2. The number of fused-ring (bicyclic) bond motifs is 1. The van der Waals surface area contributed by atoms with Gasteiger partial charge in [0.05, 0.1) is 17.8 Å². The van der Waals surface area contributed by atoms with Gasteiger partial charge in [-0.2, -0.15) is 0 Å². The zero-order chi connectivity index (χ0) is 22.8. The first kappa shape index (κ1) is 21.5. The lowest BCUT2D eigenvalue weighted by Crippen LogP contribution is -2.51. The molecule has 2 fully saturated rings.